The van der Waals surface area contributed by atoms with Crippen molar-refractivity contribution in [1.29, 1.82) is 0 Å². The number of phenolic OH excluding ortho intramolecular Hbond substituents is 1. The molecule has 1 aromatic rings. The number of carbonyl (C=O) groups excluding carboxylic acids is 4. The van der Waals surface area contributed by atoms with Crippen molar-refractivity contribution in [2.24, 2.45) is 0 Å². The van der Waals surface area contributed by atoms with Gasteiger partial charge in [-0.1, -0.05) is 6.07 Å². The molecule has 12 nitrogen and oxygen atoms in total. The molecule has 0 aromatic heterocycles. The van der Waals surface area contributed by atoms with Crippen molar-refractivity contribution < 1.29 is 53.4 Å². The van der Waals surface area contributed by atoms with Crippen molar-refractivity contribution in [3.63, 3.8) is 0 Å². The summed E-state index contributed by atoms with van der Waals surface area (Å²) in [6, 6.07) is 3.14. The standard InChI is InChI=1S/C28H33NO11/c1-13(30)14(2)38-25(34)15(3)37-21(33)12-18(32)26(35)39-19-7-8-28(36)20-11-16-5-6-17(31)23-22(16)27(28,24(19)40-23)9-10-29(20)4/h5-7,14-15,18,20,24,31-32,36H,8-12H2,1-4H3/t14-,15-,18-,20+,24-,27-,28+/m0/s1. The summed E-state index contributed by atoms with van der Waals surface area (Å²) in [4.78, 5) is 50.5. The third-order valence-electron chi connectivity index (χ3n) is 8.71. The fourth-order valence-electron chi connectivity index (χ4n) is 6.51. The Bertz CT molecular complexity index is 1310. The molecule has 1 saturated heterocycles. The van der Waals surface area contributed by atoms with E-state index in [-0.39, 0.29) is 35.5 Å². The number of likely N-dealkylation sites (tertiary alicyclic amines) is 1. The number of aromatic hydroxyl groups is 1. The number of piperidine rings is 1. The molecule has 2 aliphatic carbocycles. The van der Waals surface area contributed by atoms with Gasteiger partial charge < -0.3 is 39.2 Å². The van der Waals surface area contributed by atoms with Gasteiger partial charge in [0.1, 0.15) is 5.76 Å². The quantitative estimate of drug-likeness (QED) is 0.297. The van der Waals surface area contributed by atoms with Gasteiger partial charge in [0, 0.05) is 18.0 Å². The molecule has 3 N–H and O–H groups in total. The third kappa shape index (κ3) is 4.16. The van der Waals surface area contributed by atoms with E-state index in [0.29, 0.717) is 19.4 Å². The van der Waals surface area contributed by atoms with Crippen LogP contribution in [0.1, 0.15) is 51.2 Å². The van der Waals surface area contributed by atoms with Crippen molar-refractivity contribution in [3.05, 3.63) is 35.1 Å². The monoisotopic (exact) mass is 559 g/mol. The van der Waals surface area contributed by atoms with Gasteiger partial charge in [-0.2, -0.15) is 0 Å². The molecule has 2 aliphatic heterocycles. The van der Waals surface area contributed by atoms with Crippen molar-refractivity contribution >= 4 is 23.7 Å². The number of likely N-dealkylation sites (N-methyl/N-ethyl adjacent to an activating group) is 1. The first-order valence-electron chi connectivity index (χ1n) is 13.2. The summed E-state index contributed by atoms with van der Waals surface area (Å²) in [5, 5.41) is 33.1. The minimum Gasteiger partial charge on any atom is -0.504 e. The second-order valence-corrected chi connectivity index (χ2v) is 11.1. The van der Waals surface area contributed by atoms with E-state index in [1.165, 1.54) is 20.8 Å². The van der Waals surface area contributed by atoms with Crippen molar-refractivity contribution in [1.82, 2.24) is 4.90 Å². The summed E-state index contributed by atoms with van der Waals surface area (Å²) in [5.41, 5.74) is -0.570. The summed E-state index contributed by atoms with van der Waals surface area (Å²) in [7, 11) is 1.95. The first-order valence-corrected chi connectivity index (χ1v) is 13.2. The van der Waals surface area contributed by atoms with Gasteiger partial charge in [0.05, 0.1) is 17.4 Å². The van der Waals surface area contributed by atoms with Crippen molar-refractivity contribution in [3.8, 4) is 11.5 Å². The lowest BCUT2D eigenvalue weighted by Crippen LogP contribution is -2.74. The largest absolute Gasteiger partial charge is 0.504 e. The van der Waals surface area contributed by atoms with Crippen LogP contribution in [0.3, 0.4) is 0 Å². The summed E-state index contributed by atoms with van der Waals surface area (Å²) in [6.45, 7) is 4.50. The van der Waals surface area contributed by atoms with Crippen LogP contribution < -0.4 is 4.74 Å². The first-order chi connectivity index (χ1) is 18.8. The highest BCUT2D eigenvalue weighted by molar-refractivity contribution is 5.86. The number of hydrogen-bond donors (Lipinski definition) is 3. The van der Waals surface area contributed by atoms with Gasteiger partial charge in [-0.05, 0) is 64.9 Å². The molecule has 0 amide bonds. The number of nitrogens with zero attached hydrogens (tertiary/aromatic N) is 1. The number of aliphatic hydroxyl groups excluding tert-OH is 1. The third-order valence-corrected chi connectivity index (χ3v) is 8.71. The Kier molecular flexibility index (Phi) is 6.92. The molecule has 12 heteroatoms. The van der Waals surface area contributed by atoms with Crippen LogP contribution in [0.5, 0.6) is 11.5 Å². The Hall–Kier alpha value is -3.48. The van der Waals surface area contributed by atoms with Crippen LogP contribution in [0.2, 0.25) is 0 Å². The zero-order valence-corrected chi connectivity index (χ0v) is 22.7. The molecule has 7 atom stereocenters. The second kappa shape index (κ2) is 9.86. The van der Waals surface area contributed by atoms with Crippen molar-refractivity contribution in [2.75, 3.05) is 13.6 Å². The Balaban J connectivity index is 1.30. The maximum atomic E-state index is 12.9. The van der Waals surface area contributed by atoms with Gasteiger partial charge in [0.25, 0.3) is 0 Å². The molecule has 1 spiro atoms. The number of esters is 3. The summed E-state index contributed by atoms with van der Waals surface area (Å²) in [6.07, 6.45) is -3.30. The molecule has 2 heterocycles. The predicted octanol–water partition coefficient (Wildman–Crippen LogP) is 0.417. The molecule has 40 heavy (non-hydrogen) atoms. The van der Waals surface area contributed by atoms with Gasteiger partial charge in [-0.25, -0.2) is 9.59 Å². The summed E-state index contributed by atoms with van der Waals surface area (Å²) in [5.74, 6) is -3.29. The van der Waals surface area contributed by atoms with E-state index in [1.807, 2.05) is 13.1 Å². The van der Waals surface area contributed by atoms with Crippen LogP contribution in [0.25, 0.3) is 0 Å². The Morgan fingerprint density at radius 3 is 2.58 bits per heavy atom. The normalized spacial score (nSPS) is 30.1. The van der Waals surface area contributed by atoms with E-state index >= 15 is 0 Å². The average Bonchev–Trinajstić information content (AvgIpc) is 3.25. The Morgan fingerprint density at radius 1 is 1.15 bits per heavy atom. The van der Waals surface area contributed by atoms with E-state index < -0.39 is 59.8 Å². The topological polar surface area (TPSA) is 169 Å². The van der Waals surface area contributed by atoms with Crippen LogP contribution in [-0.2, 0) is 45.2 Å². The smallest absolute Gasteiger partial charge is 0.347 e. The minimum absolute atomic E-state index is 0.0732. The minimum atomic E-state index is -1.92. The number of ketones is 1. The molecule has 4 aliphatic rings. The Labute approximate surface area is 230 Å². The SMILES string of the molecule is CC(=O)[C@H](C)OC(=O)[C@H](C)OC(=O)C[C@H](O)C(=O)OC1=CC[C@@]2(O)[C@H]3Cc4ccc(O)c5c4[C@@]2(CCN3C)[C@H]1O5. The highest BCUT2D eigenvalue weighted by Crippen LogP contribution is 2.65. The molecule has 216 valence electrons. The fraction of sp³-hybridized carbons (Fsp3) is 0.571. The zero-order valence-electron chi connectivity index (χ0n) is 22.7. The average molecular weight is 560 g/mol. The lowest BCUT2D eigenvalue weighted by molar-refractivity contribution is -0.176. The number of aliphatic hydroxyl groups is 2. The lowest BCUT2D eigenvalue weighted by atomic mass is 9.50. The zero-order chi connectivity index (χ0) is 29.1. The predicted molar refractivity (Wildman–Crippen MR) is 135 cm³/mol. The molecule has 1 fully saturated rings. The second-order valence-electron chi connectivity index (χ2n) is 11.1. The van der Waals surface area contributed by atoms with Crippen LogP contribution >= 0.6 is 0 Å². The van der Waals surface area contributed by atoms with Gasteiger partial charge in [0.2, 0.25) is 0 Å². The first kappa shape index (κ1) is 28.1. The fourth-order valence-corrected chi connectivity index (χ4v) is 6.51. The maximum Gasteiger partial charge on any atom is 0.347 e. The molecular formula is C28H33NO11. The van der Waals surface area contributed by atoms with Crippen molar-refractivity contribution in [2.45, 2.75) is 87.9 Å². The molecule has 1 aromatic carbocycles. The van der Waals surface area contributed by atoms with E-state index in [0.717, 1.165) is 11.1 Å². The number of ether oxygens (including phenoxy) is 4. The number of rotatable bonds is 8. The molecule has 0 unspecified atom stereocenters. The lowest BCUT2D eigenvalue weighted by Gasteiger charge is -2.61. The van der Waals surface area contributed by atoms with Crippen LogP contribution in [0, 0.1) is 0 Å². The molecule has 0 saturated carbocycles. The summed E-state index contributed by atoms with van der Waals surface area (Å²) < 4.78 is 21.6. The number of benzene rings is 1. The van der Waals surface area contributed by atoms with E-state index in [4.69, 9.17) is 18.9 Å². The molecule has 5 rings (SSSR count). The highest BCUT2D eigenvalue weighted by atomic mass is 16.6. The Morgan fingerprint density at radius 2 is 1.88 bits per heavy atom. The number of Topliss-reactive ketones (excluding diaryl/α,β-unsaturated/α-hetero) is 1. The van der Waals surface area contributed by atoms with Gasteiger partial charge in [-0.3, -0.25) is 9.59 Å². The van der Waals surface area contributed by atoms with Crippen LogP contribution in [0.15, 0.2) is 24.0 Å². The number of carbonyl (C=O) groups is 4. The van der Waals surface area contributed by atoms with Gasteiger partial charge in [0.15, 0.2) is 41.7 Å². The number of phenols is 1. The van der Waals surface area contributed by atoms with E-state index in [9.17, 15) is 34.5 Å². The van der Waals surface area contributed by atoms with Gasteiger partial charge in [-0.15, -0.1) is 0 Å². The van der Waals surface area contributed by atoms with E-state index in [1.54, 1.807) is 12.1 Å². The molecular weight excluding hydrogens is 526 g/mol. The van der Waals surface area contributed by atoms with Crippen LogP contribution in [0.4, 0.5) is 0 Å². The highest BCUT2D eigenvalue weighted by Gasteiger charge is 2.72. The van der Waals surface area contributed by atoms with E-state index in [2.05, 4.69) is 4.90 Å². The summed E-state index contributed by atoms with van der Waals surface area (Å²) >= 11 is 0. The maximum absolute atomic E-state index is 12.9. The number of hydrogen-bond acceptors (Lipinski definition) is 12. The van der Waals surface area contributed by atoms with Gasteiger partial charge >= 0.3 is 17.9 Å². The molecule has 2 bridgehead atoms. The molecule has 0 radical (unpaired) electrons. The van der Waals surface area contributed by atoms with Crippen LogP contribution in [-0.4, -0.2) is 93.6 Å².